The predicted octanol–water partition coefficient (Wildman–Crippen LogP) is 3.34. The van der Waals surface area contributed by atoms with Gasteiger partial charge in [-0.2, -0.15) is 0 Å². The maximum Gasteiger partial charge on any atom is 0.183 e. The molecule has 0 spiro atoms. The van der Waals surface area contributed by atoms with Crippen LogP contribution in [0.15, 0.2) is 24.7 Å². The molecule has 0 amide bonds. The number of nitrogens with zero attached hydrogens (tertiary/aromatic N) is 4. The van der Waals surface area contributed by atoms with E-state index in [9.17, 15) is 4.39 Å². The summed E-state index contributed by atoms with van der Waals surface area (Å²) in [6, 6.07) is 1.92. The minimum atomic E-state index is -0.464. The Bertz CT molecular complexity index is 965. The third kappa shape index (κ3) is 4.09. The van der Waals surface area contributed by atoms with Crippen molar-refractivity contribution in [3.05, 3.63) is 35.5 Å². The smallest absolute Gasteiger partial charge is 0.183 e. The van der Waals surface area contributed by atoms with Gasteiger partial charge in [0.15, 0.2) is 17.5 Å². The summed E-state index contributed by atoms with van der Waals surface area (Å²) >= 11 is 6.07. The minimum Gasteiger partial charge on any atom is -0.383 e. The van der Waals surface area contributed by atoms with Crippen LogP contribution in [0.4, 0.5) is 10.2 Å². The molecule has 4 heterocycles. The zero-order chi connectivity index (χ0) is 19.5. The molecule has 0 aliphatic carbocycles. The number of aromatic amines is 1. The van der Waals surface area contributed by atoms with Gasteiger partial charge in [-0.1, -0.05) is 11.6 Å². The standard InChI is InChI=1S/C19H22ClFN6O/c1-28-6-5-27-4-2-3-13(11-27)25-19-16(21)10-24-18(26-19)15-9-23-17-14(15)7-12(20)8-22-17/h7-10,13H,2-6,11H2,1H3,(H,22,23)(H,24,25,26). The van der Waals surface area contributed by atoms with Crippen molar-refractivity contribution in [3.8, 4) is 11.4 Å². The highest BCUT2D eigenvalue weighted by Crippen LogP contribution is 2.28. The van der Waals surface area contributed by atoms with Gasteiger partial charge in [0.05, 0.1) is 17.8 Å². The van der Waals surface area contributed by atoms with Crippen molar-refractivity contribution in [2.24, 2.45) is 0 Å². The van der Waals surface area contributed by atoms with Gasteiger partial charge in [0, 0.05) is 49.6 Å². The molecule has 3 aromatic heterocycles. The summed E-state index contributed by atoms with van der Waals surface area (Å²) < 4.78 is 19.5. The van der Waals surface area contributed by atoms with Crippen LogP contribution in [0.2, 0.25) is 5.02 Å². The Morgan fingerprint density at radius 2 is 2.29 bits per heavy atom. The van der Waals surface area contributed by atoms with E-state index in [1.807, 2.05) is 0 Å². The number of ether oxygens (including phenoxy) is 1. The molecule has 1 atom stereocenters. The number of fused-ring (bicyclic) bond motifs is 1. The third-order valence-corrected chi connectivity index (χ3v) is 5.15. The first-order valence-corrected chi connectivity index (χ1v) is 9.65. The van der Waals surface area contributed by atoms with Crippen molar-refractivity contribution in [1.82, 2.24) is 24.8 Å². The van der Waals surface area contributed by atoms with Crippen LogP contribution in [0.25, 0.3) is 22.4 Å². The maximum absolute atomic E-state index is 14.4. The Kier molecular flexibility index (Phi) is 5.70. The van der Waals surface area contributed by atoms with Gasteiger partial charge < -0.3 is 15.0 Å². The summed E-state index contributed by atoms with van der Waals surface area (Å²) in [5, 5.41) is 4.58. The molecule has 1 aliphatic rings. The average molecular weight is 405 g/mol. The Morgan fingerprint density at radius 3 is 3.14 bits per heavy atom. The highest BCUT2D eigenvalue weighted by molar-refractivity contribution is 6.31. The lowest BCUT2D eigenvalue weighted by Gasteiger charge is -2.33. The van der Waals surface area contributed by atoms with Crippen molar-refractivity contribution in [1.29, 1.82) is 0 Å². The van der Waals surface area contributed by atoms with Crippen molar-refractivity contribution in [2.45, 2.75) is 18.9 Å². The van der Waals surface area contributed by atoms with Crippen molar-refractivity contribution < 1.29 is 9.13 Å². The van der Waals surface area contributed by atoms with Crippen molar-refractivity contribution in [3.63, 3.8) is 0 Å². The summed E-state index contributed by atoms with van der Waals surface area (Å²) in [5.74, 6) is 0.174. The van der Waals surface area contributed by atoms with E-state index in [2.05, 4.69) is 30.2 Å². The van der Waals surface area contributed by atoms with Gasteiger partial charge in [0.1, 0.15) is 5.65 Å². The van der Waals surface area contributed by atoms with Crippen molar-refractivity contribution >= 4 is 28.5 Å². The third-order valence-electron chi connectivity index (χ3n) is 4.94. The molecular weight excluding hydrogens is 383 g/mol. The Hall–Kier alpha value is -2.29. The number of likely N-dealkylation sites (tertiary alicyclic amines) is 1. The van der Waals surface area contributed by atoms with E-state index in [0.29, 0.717) is 23.1 Å². The number of H-pyrrole nitrogens is 1. The summed E-state index contributed by atoms with van der Waals surface area (Å²) in [5.41, 5.74) is 1.42. The molecule has 9 heteroatoms. The summed E-state index contributed by atoms with van der Waals surface area (Å²) in [6.07, 6.45) is 6.55. The molecule has 1 unspecified atom stereocenters. The van der Waals surface area contributed by atoms with E-state index >= 15 is 0 Å². The monoisotopic (exact) mass is 404 g/mol. The molecule has 1 fully saturated rings. The number of piperidine rings is 1. The number of nitrogens with one attached hydrogen (secondary N) is 2. The fraction of sp³-hybridized carbons (Fsp3) is 0.421. The molecule has 0 aromatic carbocycles. The highest BCUT2D eigenvalue weighted by atomic mass is 35.5. The summed E-state index contributed by atoms with van der Waals surface area (Å²) in [7, 11) is 1.70. The quantitative estimate of drug-likeness (QED) is 0.656. The molecule has 0 radical (unpaired) electrons. The number of hydrogen-bond acceptors (Lipinski definition) is 6. The van der Waals surface area contributed by atoms with E-state index in [0.717, 1.165) is 43.4 Å². The number of methoxy groups -OCH3 is 1. The van der Waals surface area contributed by atoms with Gasteiger partial charge in [0.2, 0.25) is 0 Å². The van der Waals surface area contributed by atoms with Crippen LogP contribution in [0.5, 0.6) is 0 Å². The molecule has 0 saturated carbocycles. The van der Waals surface area contributed by atoms with Gasteiger partial charge in [-0.15, -0.1) is 0 Å². The van der Waals surface area contributed by atoms with Gasteiger partial charge in [-0.05, 0) is 25.5 Å². The maximum atomic E-state index is 14.4. The first-order chi connectivity index (χ1) is 13.6. The second kappa shape index (κ2) is 8.38. The molecule has 1 saturated heterocycles. The zero-order valence-corrected chi connectivity index (χ0v) is 16.3. The molecule has 28 heavy (non-hydrogen) atoms. The minimum absolute atomic E-state index is 0.127. The van der Waals surface area contributed by atoms with Crippen LogP contribution in [-0.4, -0.2) is 64.2 Å². The van der Waals surface area contributed by atoms with Gasteiger partial charge >= 0.3 is 0 Å². The van der Waals surface area contributed by atoms with Gasteiger partial charge in [-0.25, -0.2) is 19.3 Å². The summed E-state index contributed by atoms with van der Waals surface area (Å²) in [4.78, 5) is 18.2. The lowest BCUT2D eigenvalue weighted by atomic mass is 10.1. The van der Waals surface area contributed by atoms with E-state index in [4.69, 9.17) is 16.3 Å². The fourth-order valence-corrected chi connectivity index (χ4v) is 3.71. The molecule has 3 aromatic rings. The van der Waals surface area contributed by atoms with Crippen LogP contribution in [0.1, 0.15) is 12.8 Å². The second-order valence-corrected chi connectivity index (χ2v) is 7.36. The lowest BCUT2D eigenvalue weighted by Crippen LogP contribution is -2.43. The van der Waals surface area contributed by atoms with Crippen LogP contribution in [0, 0.1) is 5.82 Å². The molecular formula is C19H22ClFN6O. The van der Waals surface area contributed by atoms with Crippen molar-refractivity contribution in [2.75, 3.05) is 38.7 Å². The molecule has 1 aliphatic heterocycles. The topological polar surface area (TPSA) is 79.0 Å². The van der Waals surface area contributed by atoms with Crippen LogP contribution < -0.4 is 5.32 Å². The van der Waals surface area contributed by atoms with Crippen LogP contribution >= 0.6 is 11.6 Å². The number of hydrogen-bond donors (Lipinski definition) is 2. The predicted molar refractivity (Wildman–Crippen MR) is 107 cm³/mol. The van der Waals surface area contributed by atoms with Crippen LogP contribution in [-0.2, 0) is 4.74 Å². The first kappa shape index (κ1) is 19.0. The molecule has 0 bridgehead atoms. The lowest BCUT2D eigenvalue weighted by molar-refractivity contribution is 0.131. The summed E-state index contributed by atoms with van der Waals surface area (Å²) in [6.45, 7) is 3.42. The van der Waals surface area contributed by atoms with E-state index in [1.165, 1.54) is 6.20 Å². The van der Waals surface area contributed by atoms with E-state index in [-0.39, 0.29) is 11.9 Å². The molecule has 148 valence electrons. The average Bonchev–Trinajstić information content (AvgIpc) is 3.11. The van der Waals surface area contributed by atoms with E-state index in [1.54, 1.807) is 25.6 Å². The van der Waals surface area contributed by atoms with Gasteiger partial charge in [0.25, 0.3) is 0 Å². The molecule has 2 N–H and O–H groups in total. The number of rotatable bonds is 6. The number of pyridine rings is 1. The largest absolute Gasteiger partial charge is 0.383 e. The number of aromatic nitrogens is 4. The SMILES string of the molecule is COCCN1CCCC(Nc2nc(-c3c[nH]c4ncc(Cl)cc34)ncc2F)C1. The second-order valence-electron chi connectivity index (χ2n) is 6.92. The normalized spacial score (nSPS) is 17.9. The first-order valence-electron chi connectivity index (χ1n) is 9.27. The molecule has 4 rings (SSSR count). The molecule has 7 nitrogen and oxygen atoms in total. The Balaban J connectivity index is 1.56. The Labute approximate surface area is 167 Å². The number of halogens is 2. The highest BCUT2D eigenvalue weighted by Gasteiger charge is 2.22. The van der Waals surface area contributed by atoms with Crippen LogP contribution in [0.3, 0.4) is 0 Å². The zero-order valence-electron chi connectivity index (χ0n) is 15.6. The van der Waals surface area contributed by atoms with Gasteiger partial charge in [-0.3, -0.25) is 4.90 Å². The Morgan fingerprint density at radius 1 is 1.39 bits per heavy atom. The number of anilines is 1. The van der Waals surface area contributed by atoms with E-state index < -0.39 is 5.82 Å². The fourth-order valence-electron chi connectivity index (χ4n) is 3.55.